The van der Waals surface area contributed by atoms with Gasteiger partial charge in [-0.25, -0.2) is 0 Å². The van der Waals surface area contributed by atoms with Gasteiger partial charge in [0.25, 0.3) is 0 Å². The van der Waals surface area contributed by atoms with Crippen LogP contribution in [-0.4, -0.2) is 13.1 Å². The fraction of sp³-hybridized carbons (Fsp3) is 0.200. The summed E-state index contributed by atoms with van der Waals surface area (Å²) in [6, 6.07) is 7.53. The summed E-state index contributed by atoms with van der Waals surface area (Å²) in [5.41, 5.74) is 0.858. The van der Waals surface area contributed by atoms with Gasteiger partial charge in [0.1, 0.15) is 0 Å². The summed E-state index contributed by atoms with van der Waals surface area (Å²) in [7, 11) is -2.14. The first-order valence-corrected chi connectivity index (χ1v) is 6.78. The van der Waals surface area contributed by atoms with E-state index in [-0.39, 0.29) is 0 Å². The summed E-state index contributed by atoms with van der Waals surface area (Å²) < 4.78 is 0. The van der Waals surface area contributed by atoms with Crippen LogP contribution in [0.3, 0.4) is 0 Å². The highest BCUT2D eigenvalue weighted by Crippen LogP contribution is 2.00. The maximum absolute atomic E-state index is 9.74. The van der Waals surface area contributed by atoms with Gasteiger partial charge >= 0.3 is 0 Å². The number of terminal acetylenes is 1. The molecule has 0 amide bonds. The summed E-state index contributed by atoms with van der Waals surface area (Å²) in [6.07, 6.45) is 5.21. The largest absolute Gasteiger partial charge is 0.428 e. The Bertz CT molecular complexity index is 300. The van der Waals surface area contributed by atoms with Crippen LogP contribution in [0.4, 0.5) is 0 Å². The van der Waals surface area contributed by atoms with Gasteiger partial charge in [-0.2, -0.15) is 0 Å². The average Bonchev–Trinajstić information content (AvgIpc) is 2.03. The molecule has 0 atom stereocenters. The smallest absolute Gasteiger partial charge is 0.213 e. The molecule has 0 aliphatic carbocycles. The molecule has 1 aromatic rings. The average molecular weight is 176 g/mol. The van der Waals surface area contributed by atoms with Crippen molar-refractivity contribution in [2.45, 2.75) is 13.1 Å². The summed E-state index contributed by atoms with van der Waals surface area (Å²) in [4.78, 5) is 9.74. The van der Waals surface area contributed by atoms with Gasteiger partial charge in [-0.15, -0.1) is 6.42 Å². The van der Waals surface area contributed by atoms with Crippen LogP contribution in [0.25, 0.3) is 0 Å². The van der Waals surface area contributed by atoms with Crippen molar-refractivity contribution in [1.82, 2.24) is 0 Å². The fourth-order valence-corrected chi connectivity index (χ4v) is 1.96. The molecule has 2 heteroatoms. The molecule has 0 saturated carbocycles. The van der Waals surface area contributed by atoms with Crippen LogP contribution in [0.2, 0.25) is 13.1 Å². The summed E-state index contributed by atoms with van der Waals surface area (Å²) in [5, 5.41) is 1.02. The van der Waals surface area contributed by atoms with Crippen LogP contribution in [0.1, 0.15) is 5.56 Å². The third kappa shape index (κ3) is 1.97. The third-order valence-electron chi connectivity index (χ3n) is 1.76. The Kier molecular flexibility index (Phi) is 2.37. The molecule has 0 radical (unpaired) electrons. The third-order valence-corrected chi connectivity index (χ3v) is 3.50. The minimum Gasteiger partial charge on any atom is -0.428 e. The van der Waals surface area contributed by atoms with Gasteiger partial charge in [0.15, 0.2) is 0 Å². The molecule has 0 aliphatic heterocycles. The van der Waals surface area contributed by atoms with Crippen LogP contribution >= 0.6 is 0 Å². The van der Waals surface area contributed by atoms with Crippen molar-refractivity contribution in [3.8, 4) is 12.3 Å². The van der Waals surface area contributed by atoms with Crippen molar-refractivity contribution >= 4 is 13.5 Å². The Morgan fingerprint density at radius 3 is 2.08 bits per heavy atom. The standard InChI is InChI=1S/C10H12OSi/c1-4-9-5-7-10(8-6-9)12(2,3)11/h1,5-8,11H,2-3H3. The molecule has 0 unspecified atom stereocenters. The second-order valence-corrected chi connectivity index (χ2v) is 6.98. The zero-order valence-electron chi connectivity index (χ0n) is 7.33. The molecule has 1 N–H and O–H groups in total. The van der Waals surface area contributed by atoms with Gasteiger partial charge in [-0.1, -0.05) is 18.1 Å². The molecule has 0 aliphatic rings. The van der Waals surface area contributed by atoms with Crippen molar-refractivity contribution < 1.29 is 4.80 Å². The lowest BCUT2D eigenvalue weighted by Crippen LogP contribution is -2.41. The monoisotopic (exact) mass is 176 g/mol. The number of hydrogen-bond acceptors (Lipinski definition) is 1. The van der Waals surface area contributed by atoms with E-state index in [0.29, 0.717) is 0 Å². The van der Waals surface area contributed by atoms with E-state index < -0.39 is 8.32 Å². The SMILES string of the molecule is C#Cc1ccc([Si](C)(C)O)cc1. The lowest BCUT2D eigenvalue weighted by molar-refractivity contribution is 0.568. The quantitative estimate of drug-likeness (QED) is 0.501. The normalized spacial score (nSPS) is 10.8. The van der Waals surface area contributed by atoms with Gasteiger partial charge in [-0.05, 0) is 30.4 Å². The molecule has 1 rings (SSSR count). The summed E-state index contributed by atoms with van der Waals surface area (Å²) in [5.74, 6) is 2.54. The van der Waals surface area contributed by atoms with Gasteiger partial charge < -0.3 is 4.80 Å². The van der Waals surface area contributed by atoms with Crippen molar-refractivity contribution in [3.05, 3.63) is 29.8 Å². The Balaban J connectivity index is 3.02. The highest BCUT2D eigenvalue weighted by Gasteiger charge is 2.19. The fourth-order valence-electron chi connectivity index (χ4n) is 0.974. The van der Waals surface area contributed by atoms with E-state index in [0.717, 1.165) is 10.8 Å². The zero-order chi connectivity index (χ0) is 9.19. The van der Waals surface area contributed by atoms with Crippen molar-refractivity contribution in [2.75, 3.05) is 0 Å². The van der Waals surface area contributed by atoms with Crippen LogP contribution in [0.15, 0.2) is 24.3 Å². The van der Waals surface area contributed by atoms with Gasteiger partial charge in [0.05, 0.1) is 0 Å². The molecule has 1 aromatic carbocycles. The molecule has 0 fully saturated rings. The van der Waals surface area contributed by atoms with E-state index in [1.165, 1.54) is 0 Å². The first-order valence-electron chi connectivity index (χ1n) is 3.83. The Hall–Kier alpha value is -1.04. The number of rotatable bonds is 1. The van der Waals surface area contributed by atoms with E-state index >= 15 is 0 Å². The molecule has 1 nitrogen and oxygen atoms in total. The molecule has 0 aromatic heterocycles. The Morgan fingerprint density at radius 1 is 1.25 bits per heavy atom. The van der Waals surface area contributed by atoms with Gasteiger partial charge in [-0.3, -0.25) is 0 Å². The maximum atomic E-state index is 9.74. The first kappa shape index (κ1) is 9.05. The van der Waals surface area contributed by atoms with Crippen LogP contribution < -0.4 is 5.19 Å². The van der Waals surface area contributed by atoms with Crippen molar-refractivity contribution in [3.63, 3.8) is 0 Å². The molecule has 0 bridgehead atoms. The maximum Gasteiger partial charge on any atom is 0.213 e. The minimum absolute atomic E-state index is 0.858. The Labute approximate surface area is 74.2 Å². The topological polar surface area (TPSA) is 20.2 Å². The minimum atomic E-state index is -2.14. The van der Waals surface area contributed by atoms with Gasteiger partial charge in [0.2, 0.25) is 8.32 Å². The molecule has 62 valence electrons. The van der Waals surface area contributed by atoms with Crippen LogP contribution in [-0.2, 0) is 0 Å². The van der Waals surface area contributed by atoms with E-state index in [4.69, 9.17) is 6.42 Å². The number of benzene rings is 1. The van der Waals surface area contributed by atoms with Crippen LogP contribution in [0, 0.1) is 12.3 Å². The molecule has 12 heavy (non-hydrogen) atoms. The molecule has 0 saturated heterocycles. The summed E-state index contributed by atoms with van der Waals surface area (Å²) >= 11 is 0. The number of hydrogen-bond donors (Lipinski definition) is 1. The van der Waals surface area contributed by atoms with Crippen molar-refractivity contribution in [2.24, 2.45) is 0 Å². The molecule has 0 spiro atoms. The van der Waals surface area contributed by atoms with Crippen LogP contribution in [0.5, 0.6) is 0 Å². The predicted octanol–water partition coefficient (Wildman–Crippen LogP) is 1.07. The van der Waals surface area contributed by atoms with Crippen molar-refractivity contribution in [1.29, 1.82) is 0 Å². The van der Waals surface area contributed by atoms with E-state index in [1.807, 2.05) is 37.4 Å². The highest BCUT2D eigenvalue weighted by atomic mass is 28.4. The lowest BCUT2D eigenvalue weighted by atomic mass is 10.2. The first-order chi connectivity index (χ1) is 5.54. The second-order valence-electron chi connectivity index (χ2n) is 3.28. The second kappa shape index (κ2) is 3.14. The van der Waals surface area contributed by atoms with E-state index in [1.54, 1.807) is 0 Å². The molecular weight excluding hydrogens is 164 g/mol. The molecular formula is C10H12OSi. The van der Waals surface area contributed by atoms with E-state index in [2.05, 4.69) is 5.92 Å². The zero-order valence-corrected chi connectivity index (χ0v) is 8.33. The predicted molar refractivity (Wildman–Crippen MR) is 53.7 cm³/mol. The highest BCUT2D eigenvalue weighted by molar-refractivity contribution is 6.83. The Morgan fingerprint density at radius 2 is 1.75 bits per heavy atom. The van der Waals surface area contributed by atoms with Gasteiger partial charge in [0, 0.05) is 5.56 Å². The molecule has 0 heterocycles. The summed E-state index contributed by atoms with van der Waals surface area (Å²) in [6.45, 7) is 3.77. The lowest BCUT2D eigenvalue weighted by Gasteiger charge is -2.13. The van der Waals surface area contributed by atoms with E-state index in [9.17, 15) is 4.80 Å².